The van der Waals surface area contributed by atoms with Gasteiger partial charge in [-0.3, -0.25) is 0 Å². The van der Waals surface area contributed by atoms with Crippen molar-refractivity contribution in [3.63, 3.8) is 0 Å². The molecule has 0 N–H and O–H groups in total. The summed E-state index contributed by atoms with van der Waals surface area (Å²) < 4.78 is 0. The third-order valence-electron chi connectivity index (χ3n) is 2.65. The molecule has 0 aliphatic carbocycles. The molecule has 1 unspecified atom stereocenters. The van der Waals surface area contributed by atoms with Crippen molar-refractivity contribution in [2.24, 2.45) is 0 Å². The summed E-state index contributed by atoms with van der Waals surface area (Å²) in [5.74, 6) is 0. The van der Waals surface area contributed by atoms with Crippen molar-refractivity contribution < 1.29 is 0 Å². The Morgan fingerprint density at radius 1 is 1.27 bits per heavy atom. The molecule has 1 aromatic carbocycles. The zero-order valence-corrected chi connectivity index (χ0v) is 10.5. The van der Waals surface area contributed by atoms with E-state index in [1.807, 2.05) is 13.0 Å². The van der Waals surface area contributed by atoms with E-state index in [0.29, 0.717) is 0 Å². The predicted octanol–water partition coefficient (Wildman–Crippen LogP) is 4.67. The molecule has 0 aliphatic heterocycles. The highest BCUT2D eigenvalue weighted by Gasteiger charge is 2.18. The van der Waals surface area contributed by atoms with Crippen LogP contribution >= 0.6 is 11.6 Å². The van der Waals surface area contributed by atoms with Gasteiger partial charge in [-0.05, 0) is 37.8 Å². The summed E-state index contributed by atoms with van der Waals surface area (Å²) in [6, 6.07) is 8.59. The Hall–Kier alpha value is -0.750. The normalized spacial score (nSPS) is 15.5. The summed E-state index contributed by atoms with van der Waals surface area (Å²) in [7, 11) is 0. The molecule has 0 nitrogen and oxygen atoms in total. The maximum atomic E-state index is 6.34. The van der Waals surface area contributed by atoms with Gasteiger partial charge in [-0.25, -0.2) is 0 Å². The van der Waals surface area contributed by atoms with Gasteiger partial charge in [0.1, 0.15) is 0 Å². The molecule has 1 heteroatoms. The molecule has 0 heterocycles. The monoisotopic (exact) mass is 222 g/mol. The van der Waals surface area contributed by atoms with Crippen LogP contribution in [0.5, 0.6) is 0 Å². The Bertz CT molecular complexity index is 320. The van der Waals surface area contributed by atoms with Crippen LogP contribution in [0.15, 0.2) is 30.3 Å². The first-order valence-electron chi connectivity index (χ1n) is 5.48. The summed E-state index contributed by atoms with van der Waals surface area (Å²) in [4.78, 5) is -0.109. The molecule has 1 aromatic rings. The van der Waals surface area contributed by atoms with Crippen LogP contribution in [0.3, 0.4) is 0 Å². The molecular weight excluding hydrogens is 204 g/mol. The number of rotatable bonds is 4. The predicted molar refractivity (Wildman–Crippen MR) is 69.4 cm³/mol. The molecule has 0 saturated heterocycles. The van der Waals surface area contributed by atoms with Gasteiger partial charge in [-0.2, -0.15) is 0 Å². The number of allylic oxidation sites excluding steroid dienone is 1. The van der Waals surface area contributed by atoms with Crippen LogP contribution in [0.4, 0.5) is 0 Å². The summed E-state index contributed by atoms with van der Waals surface area (Å²) in [6.45, 7) is 6.25. The molecule has 0 bridgehead atoms. The van der Waals surface area contributed by atoms with Crippen molar-refractivity contribution in [2.75, 3.05) is 0 Å². The Balaban J connectivity index is 2.72. The summed E-state index contributed by atoms with van der Waals surface area (Å²) in [5, 5.41) is 0. The first-order valence-corrected chi connectivity index (χ1v) is 5.86. The molecule has 0 aliphatic rings. The number of halogens is 1. The molecule has 1 rings (SSSR count). The zero-order chi connectivity index (χ0) is 11.3. The molecule has 0 amide bonds. The van der Waals surface area contributed by atoms with Gasteiger partial charge in [-0.1, -0.05) is 43.3 Å². The highest BCUT2D eigenvalue weighted by molar-refractivity contribution is 6.23. The lowest BCUT2D eigenvalue weighted by atomic mass is 9.97. The second-order valence-electron chi connectivity index (χ2n) is 4.19. The summed E-state index contributed by atoms with van der Waals surface area (Å²) >= 11 is 6.34. The van der Waals surface area contributed by atoms with Gasteiger partial charge in [0.2, 0.25) is 0 Å². The highest BCUT2D eigenvalue weighted by Crippen LogP contribution is 2.24. The minimum atomic E-state index is -0.109. The van der Waals surface area contributed by atoms with Crippen molar-refractivity contribution >= 4 is 17.7 Å². The Labute approximate surface area is 98.0 Å². The second-order valence-corrected chi connectivity index (χ2v) is 5.10. The van der Waals surface area contributed by atoms with Crippen LogP contribution in [-0.4, -0.2) is 4.87 Å². The Morgan fingerprint density at radius 3 is 2.33 bits per heavy atom. The first kappa shape index (κ1) is 12.3. The van der Waals surface area contributed by atoms with Crippen molar-refractivity contribution in [2.45, 2.75) is 38.5 Å². The molecule has 0 aromatic heterocycles. The number of benzene rings is 1. The molecule has 15 heavy (non-hydrogen) atoms. The zero-order valence-electron chi connectivity index (χ0n) is 9.76. The van der Waals surface area contributed by atoms with E-state index in [-0.39, 0.29) is 4.87 Å². The number of hydrogen-bond donors (Lipinski definition) is 0. The fraction of sp³-hybridized carbons (Fsp3) is 0.429. The van der Waals surface area contributed by atoms with Gasteiger partial charge in [0.05, 0.1) is 0 Å². The minimum Gasteiger partial charge on any atom is -0.119 e. The van der Waals surface area contributed by atoms with E-state index in [9.17, 15) is 0 Å². The van der Waals surface area contributed by atoms with Gasteiger partial charge in [0.15, 0.2) is 0 Å². The lowest BCUT2D eigenvalue weighted by Crippen LogP contribution is -2.18. The molecule has 1 atom stereocenters. The fourth-order valence-corrected chi connectivity index (χ4v) is 1.64. The van der Waals surface area contributed by atoms with E-state index >= 15 is 0 Å². The molecule has 0 spiro atoms. The van der Waals surface area contributed by atoms with Crippen LogP contribution in [0, 0.1) is 0 Å². The van der Waals surface area contributed by atoms with Gasteiger partial charge in [0.25, 0.3) is 0 Å². The van der Waals surface area contributed by atoms with Crippen LogP contribution in [0.1, 0.15) is 38.3 Å². The maximum absolute atomic E-state index is 6.34. The molecule has 0 radical (unpaired) electrons. The van der Waals surface area contributed by atoms with Crippen molar-refractivity contribution in [1.82, 2.24) is 0 Å². The lowest BCUT2D eigenvalue weighted by Gasteiger charge is -2.19. The molecular formula is C14H19Cl. The SMILES string of the molecule is C/C=C\c1ccc(CC(C)(Cl)CC)cc1. The van der Waals surface area contributed by atoms with E-state index in [1.54, 1.807) is 0 Å². The average molecular weight is 223 g/mol. The average Bonchev–Trinajstić information content (AvgIpc) is 2.21. The van der Waals surface area contributed by atoms with Gasteiger partial charge in [-0.15, -0.1) is 11.6 Å². The number of alkyl halides is 1. The van der Waals surface area contributed by atoms with Gasteiger partial charge >= 0.3 is 0 Å². The maximum Gasteiger partial charge on any atom is 0.0456 e. The quantitative estimate of drug-likeness (QED) is 0.650. The van der Waals surface area contributed by atoms with Crippen LogP contribution < -0.4 is 0 Å². The van der Waals surface area contributed by atoms with Crippen LogP contribution in [0.2, 0.25) is 0 Å². The summed E-state index contributed by atoms with van der Waals surface area (Å²) in [6.07, 6.45) is 6.07. The second kappa shape index (κ2) is 5.37. The lowest BCUT2D eigenvalue weighted by molar-refractivity contribution is 0.604. The fourth-order valence-electron chi connectivity index (χ4n) is 1.49. The van der Waals surface area contributed by atoms with Gasteiger partial charge in [0, 0.05) is 4.87 Å². The molecule has 0 fully saturated rings. The van der Waals surface area contributed by atoms with Crippen LogP contribution in [-0.2, 0) is 6.42 Å². The molecule has 82 valence electrons. The Morgan fingerprint density at radius 2 is 1.87 bits per heavy atom. The Kier molecular flexibility index (Phi) is 4.41. The van der Waals surface area contributed by atoms with Gasteiger partial charge < -0.3 is 0 Å². The third kappa shape index (κ3) is 4.09. The highest BCUT2D eigenvalue weighted by atomic mass is 35.5. The largest absolute Gasteiger partial charge is 0.119 e. The minimum absolute atomic E-state index is 0.109. The summed E-state index contributed by atoms with van der Waals surface area (Å²) in [5.41, 5.74) is 2.55. The van der Waals surface area contributed by atoms with E-state index in [0.717, 1.165) is 12.8 Å². The standard InChI is InChI=1S/C14H19Cl/c1-4-6-12-7-9-13(10-8-12)11-14(3,15)5-2/h4,6-10H,5,11H2,1-3H3/b6-4-. The smallest absolute Gasteiger partial charge is 0.0456 e. The van der Waals surface area contributed by atoms with E-state index < -0.39 is 0 Å². The van der Waals surface area contributed by atoms with E-state index in [4.69, 9.17) is 11.6 Å². The van der Waals surface area contributed by atoms with Crippen LogP contribution in [0.25, 0.3) is 6.08 Å². The first-order chi connectivity index (χ1) is 7.07. The van der Waals surface area contributed by atoms with Crippen molar-refractivity contribution in [3.8, 4) is 0 Å². The van der Waals surface area contributed by atoms with Crippen molar-refractivity contribution in [3.05, 3.63) is 41.5 Å². The van der Waals surface area contributed by atoms with Crippen molar-refractivity contribution in [1.29, 1.82) is 0 Å². The number of hydrogen-bond acceptors (Lipinski definition) is 0. The third-order valence-corrected chi connectivity index (χ3v) is 3.05. The molecule has 0 saturated carbocycles. The van der Waals surface area contributed by atoms with E-state index in [2.05, 4.69) is 44.2 Å². The van der Waals surface area contributed by atoms with E-state index in [1.165, 1.54) is 11.1 Å². The topological polar surface area (TPSA) is 0 Å².